The molecule has 33 heavy (non-hydrogen) atoms. The summed E-state index contributed by atoms with van der Waals surface area (Å²) in [6.45, 7) is 1.29. The third-order valence-electron chi connectivity index (χ3n) is 5.43. The molecule has 0 amide bonds. The van der Waals surface area contributed by atoms with Gasteiger partial charge in [0.1, 0.15) is 23.3 Å². The van der Waals surface area contributed by atoms with Gasteiger partial charge in [0, 0.05) is 5.39 Å². The van der Waals surface area contributed by atoms with E-state index >= 15 is 0 Å². The first-order valence-corrected chi connectivity index (χ1v) is 9.94. The number of nitriles is 1. The van der Waals surface area contributed by atoms with Gasteiger partial charge >= 0.3 is 6.18 Å². The average molecular weight is 455 g/mol. The molecule has 4 rings (SSSR count). The van der Waals surface area contributed by atoms with Gasteiger partial charge in [0.2, 0.25) is 5.60 Å². The predicted octanol–water partition coefficient (Wildman–Crippen LogP) is 4.71. The van der Waals surface area contributed by atoms with Crippen LogP contribution < -0.4 is 0 Å². The van der Waals surface area contributed by atoms with E-state index in [0.717, 1.165) is 11.6 Å². The van der Waals surface area contributed by atoms with Gasteiger partial charge in [-0.3, -0.25) is 0 Å². The third-order valence-corrected chi connectivity index (χ3v) is 5.43. The lowest BCUT2D eigenvalue weighted by Gasteiger charge is -2.26. The highest BCUT2D eigenvalue weighted by Crippen LogP contribution is 2.40. The summed E-state index contributed by atoms with van der Waals surface area (Å²) in [5.74, 6) is -0.382. The Balaban J connectivity index is 1.71. The molecule has 2 aromatic carbocycles. The summed E-state index contributed by atoms with van der Waals surface area (Å²) in [6.07, 6.45) is -4.43. The van der Waals surface area contributed by atoms with Crippen LogP contribution in [0, 0.1) is 17.1 Å². The van der Waals surface area contributed by atoms with Gasteiger partial charge in [-0.15, -0.1) is 5.10 Å². The summed E-state index contributed by atoms with van der Waals surface area (Å²) >= 11 is 0. The molecule has 4 aromatic rings. The molecule has 0 aliphatic carbocycles. The second-order valence-corrected chi connectivity index (χ2v) is 7.54. The van der Waals surface area contributed by atoms with Gasteiger partial charge in [-0.2, -0.15) is 18.4 Å². The first-order valence-electron chi connectivity index (χ1n) is 9.94. The molecule has 0 saturated carbocycles. The standard InChI is InChI=1S/C23H17F4N5O/c1-2-22(33,23(25,26)27)21-13-32(31-30-21)12-14-3-8-18-19(15-4-6-16(24)7-5-15)10-17(11-28)29-20(18)9-14/h3-10,13,33H,2,12H2,1H3/t22-/m1/s1. The number of benzene rings is 2. The summed E-state index contributed by atoms with van der Waals surface area (Å²) in [7, 11) is 0. The topological polar surface area (TPSA) is 87.6 Å². The fourth-order valence-corrected chi connectivity index (χ4v) is 3.58. The van der Waals surface area contributed by atoms with E-state index < -0.39 is 23.9 Å². The fourth-order valence-electron chi connectivity index (χ4n) is 3.58. The number of halogens is 4. The quantitative estimate of drug-likeness (QED) is 0.441. The first-order chi connectivity index (χ1) is 15.6. The molecule has 0 aliphatic heterocycles. The maximum Gasteiger partial charge on any atom is 0.423 e. The Kier molecular flexibility index (Phi) is 5.59. The van der Waals surface area contributed by atoms with E-state index in [4.69, 9.17) is 0 Å². The van der Waals surface area contributed by atoms with Crippen molar-refractivity contribution in [3.63, 3.8) is 0 Å². The number of pyridine rings is 1. The second kappa shape index (κ2) is 8.26. The van der Waals surface area contributed by atoms with E-state index in [1.165, 1.54) is 23.7 Å². The van der Waals surface area contributed by atoms with Crippen LogP contribution >= 0.6 is 0 Å². The Bertz CT molecular complexity index is 1360. The van der Waals surface area contributed by atoms with Gasteiger partial charge in [-0.25, -0.2) is 14.1 Å². The summed E-state index contributed by atoms with van der Waals surface area (Å²) in [5, 5.41) is 27.4. The van der Waals surface area contributed by atoms with Crippen LogP contribution in [-0.4, -0.2) is 31.3 Å². The molecule has 2 aromatic heterocycles. The van der Waals surface area contributed by atoms with Crippen molar-refractivity contribution >= 4 is 10.9 Å². The van der Waals surface area contributed by atoms with Gasteiger partial charge in [0.15, 0.2) is 0 Å². The van der Waals surface area contributed by atoms with Crippen molar-refractivity contribution in [2.45, 2.75) is 31.7 Å². The molecule has 0 aliphatic rings. The number of fused-ring (bicyclic) bond motifs is 1. The molecule has 0 bridgehead atoms. The number of hydrogen-bond donors (Lipinski definition) is 1. The zero-order valence-corrected chi connectivity index (χ0v) is 17.3. The highest BCUT2D eigenvalue weighted by molar-refractivity contribution is 5.95. The molecular formula is C23H17F4N5O. The Morgan fingerprint density at radius 1 is 1.09 bits per heavy atom. The molecule has 0 saturated heterocycles. The van der Waals surface area contributed by atoms with Crippen LogP contribution in [-0.2, 0) is 12.1 Å². The van der Waals surface area contributed by atoms with Gasteiger partial charge < -0.3 is 5.11 Å². The molecule has 0 fully saturated rings. The van der Waals surface area contributed by atoms with E-state index in [1.807, 2.05) is 6.07 Å². The van der Waals surface area contributed by atoms with Crippen molar-refractivity contribution in [3.05, 3.63) is 77.5 Å². The molecule has 1 N–H and O–H groups in total. The minimum atomic E-state index is -4.89. The van der Waals surface area contributed by atoms with Gasteiger partial charge in [0.05, 0.1) is 18.3 Å². The third kappa shape index (κ3) is 4.15. The Morgan fingerprint density at radius 3 is 2.45 bits per heavy atom. The number of aromatic nitrogens is 4. The smallest absolute Gasteiger partial charge is 0.375 e. The lowest BCUT2D eigenvalue weighted by molar-refractivity contribution is -0.269. The molecule has 6 nitrogen and oxygen atoms in total. The van der Waals surface area contributed by atoms with Crippen molar-refractivity contribution in [3.8, 4) is 17.2 Å². The monoisotopic (exact) mass is 455 g/mol. The maximum atomic E-state index is 13.3. The molecule has 2 heterocycles. The van der Waals surface area contributed by atoms with Crippen LogP contribution in [0.25, 0.3) is 22.0 Å². The van der Waals surface area contributed by atoms with Crippen molar-refractivity contribution in [1.82, 2.24) is 20.0 Å². The van der Waals surface area contributed by atoms with Crippen molar-refractivity contribution in [2.75, 3.05) is 0 Å². The maximum absolute atomic E-state index is 13.3. The summed E-state index contributed by atoms with van der Waals surface area (Å²) < 4.78 is 54.4. The lowest BCUT2D eigenvalue weighted by Crippen LogP contribution is -2.42. The Labute approximate surface area is 185 Å². The largest absolute Gasteiger partial charge is 0.423 e. The van der Waals surface area contributed by atoms with Crippen LogP contribution in [0.4, 0.5) is 17.6 Å². The number of rotatable bonds is 5. The molecule has 0 radical (unpaired) electrons. The Hall–Kier alpha value is -3.84. The number of hydrogen-bond acceptors (Lipinski definition) is 5. The van der Waals surface area contributed by atoms with E-state index in [1.54, 1.807) is 36.4 Å². The summed E-state index contributed by atoms with van der Waals surface area (Å²) in [6, 6.07) is 14.7. The number of alkyl halides is 3. The summed E-state index contributed by atoms with van der Waals surface area (Å²) in [5.41, 5.74) is -0.946. The molecule has 1 atom stereocenters. The zero-order valence-electron chi connectivity index (χ0n) is 17.3. The molecule has 10 heteroatoms. The predicted molar refractivity (Wildman–Crippen MR) is 111 cm³/mol. The van der Waals surface area contributed by atoms with Gasteiger partial charge in [-0.05, 0) is 47.4 Å². The summed E-state index contributed by atoms with van der Waals surface area (Å²) in [4.78, 5) is 4.32. The van der Waals surface area contributed by atoms with Crippen LogP contribution in [0.1, 0.15) is 30.3 Å². The van der Waals surface area contributed by atoms with Crippen molar-refractivity contribution in [2.24, 2.45) is 0 Å². The van der Waals surface area contributed by atoms with Crippen LogP contribution in [0.3, 0.4) is 0 Å². The molecule has 0 spiro atoms. The van der Waals surface area contributed by atoms with E-state index in [2.05, 4.69) is 15.3 Å². The Morgan fingerprint density at radius 2 is 1.82 bits per heavy atom. The highest BCUT2D eigenvalue weighted by Gasteiger charge is 2.55. The van der Waals surface area contributed by atoms with Crippen LogP contribution in [0.2, 0.25) is 0 Å². The average Bonchev–Trinajstić information content (AvgIpc) is 3.26. The minimum Gasteiger partial charge on any atom is -0.375 e. The van der Waals surface area contributed by atoms with E-state index in [9.17, 15) is 27.9 Å². The highest BCUT2D eigenvalue weighted by atomic mass is 19.4. The molecule has 0 unspecified atom stereocenters. The number of aliphatic hydroxyl groups is 1. The molecule has 168 valence electrons. The van der Waals surface area contributed by atoms with Crippen molar-refractivity contribution in [1.29, 1.82) is 5.26 Å². The van der Waals surface area contributed by atoms with Gasteiger partial charge in [0.25, 0.3) is 0 Å². The van der Waals surface area contributed by atoms with Crippen molar-refractivity contribution < 1.29 is 22.7 Å². The minimum absolute atomic E-state index is 0.0743. The first kappa shape index (κ1) is 22.4. The lowest BCUT2D eigenvalue weighted by atomic mass is 9.96. The zero-order chi connectivity index (χ0) is 23.8. The van der Waals surface area contributed by atoms with E-state index in [-0.39, 0.29) is 18.1 Å². The normalized spacial score (nSPS) is 13.6. The van der Waals surface area contributed by atoms with Crippen LogP contribution in [0.5, 0.6) is 0 Å². The second-order valence-electron chi connectivity index (χ2n) is 7.54. The molecular weight excluding hydrogens is 438 g/mol. The SMILES string of the molecule is CC[C@@](O)(c1cn(Cc2ccc3c(-c4ccc(F)cc4)cc(C#N)nc3c2)nn1)C(F)(F)F. The number of nitrogens with zero attached hydrogens (tertiary/aromatic N) is 5. The fraction of sp³-hybridized carbons (Fsp3) is 0.217. The van der Waals surface area contributed by atoms with E-state index in [0.29, 0.717) is 22.2 Å². The van der Waals surface area contributed by atoms with Gasteiger partial charge in [-0.1, -0.05) is 36.4 Å². The van der Waals surface area contributed by atoms with Crippen LogP contribution in [0.15, 0.2) is 54.7 Å².